The lowest BCUT2D eigenvalue weighted by molar-refractivity contribution is 0.262. The molecule has 1 saturated carbocycles. The van der Waals surface area contributed by atoms with Crippen LogP contribution in [0.2, 0.25) is 0 Å². The molecule has 0 amide bonds. The lowest BCUT2D eigenvalue weighted by Crippen LogP contribution is -2.35. The van der Waals surface area contributed by atoms with Crippen LogP contribution in [0, 0.1) is 5.92 Å². The SMILES string of the molecule is CCCC1CCC(NC2CCc3cc(Br)ccc32)CC1. The van der Waals surface area contributed by atoms with Gasteiger partial charge in [-0.1, -0.05) is 41.8 Å². The van der Waals surface area contributed by atoms with Crippen LogP contribution in [-0.4, -0.2) is 6.04 Å². The zero-order chi connectivity index (χ0) is 13.9. The third-order valence-corrected chi connectivity index (χ3v) is 5.66. The van der Waals surface area contributed by atoms with Gasteiger partial charge in [0.25, 0.3) is 0 Å². The van der Waals surface area contributed by atoms with Crippen LogP contribution in [0.15, 0.2) is 22.7 Å². The summed E-state index contributed by atoms with van der Waals surface area (Å²) in [6, 6.07) is 8.16. The van der Waals surface area contributed by atoms with E-state index in [1.54, 1.807) is 5.56 Å². The summed E-state index contributed by atoms with van der Waals surface area (Å²) in [4.78, 5) is 0. The second-order valence-electron chi connectivity index (χ2n) is 6.61. The van der Waals surface area contributed by atoms with Gasteiger partial charge in [0.15, 0.2) is 0 Å². The van der Waals surface area contributed by atoms with Crippen molar-refractivity contribution in [2.75, 3.05) is 0 Å². The minimum Gasteiger partial charge on any atom is -0.307 e. The van der Waals surface area contributed by atoms with Crippen molar-refractivity contribution in [3.63, 3.8) is 0 Å². The molecule has 2 aliphatic carbocycles. The lowest BCUT2D eigenvalue weighted by atomic mass is 9.83. The second-order valence-corrected chi connectivity index (χ2v) is 7.52. The third kappa shape index (κ3) is 3.28. The molecule has 1 unspecified atom stereocenters. The molecule has 2 heteroatoms. The molecular formula is C18H26BrN. The van der Waals surface area contributed by atoms with Gasteiger partial charge in [-0.25, -0.2) is 0 Å². The Morgan fingerprint density at radius 3 is 2.70 bits per heavy atom. The molecule has 1 atom stereocenters. The average Bonchev–Trinajstić information content (AvgIpc) is 2.83. The van der Waals surface area contributed by atoms with Gasteiger partial charge in [-0.2, -0.15) is 0 Å². The highest BCUT2D eigenvalue weighted by Crippen LogP contribution is 2.35. The Labute approximate surface area is 131 Å². The van der Waals surface area contributed by atoms with Crippen LogP contribution < -0.4 is 5.32 Å². The predicted octanol–water partition coefficient (Wildman–Crippen LogP) is 5.38. The van der Waals surface area contributed by atoms with Gasteiger partial charge in [0.1, 0.15) is 0 Å². The molecule has 1 N–H and O–H groups in total. The molecular weight excluding hydrogens is 310 g/mol. The van der Waals surface area contributed by atoms with E-state index >= 15 is 0 Å². The second kappa shape index (κ2) is 6.62. The van der Waals surface area contributed by atoms with Crippen molar-refractivity contribution < 1.29 is 0 Å². The third-order valence-electron chi connectivity index (χ3n) is 5.16. The summed E-state index contributed by atoms with van der Waals surface area (Å²) in [5.74, 6) is 1.00. The smallest absolute Gasteiger partial charge is 0.0328 e. The van der Waals surface area contributed by atoms with E-state index in [0.717, 1.165) is 12.0 Å². The highest BCUT2D eigenvalue weighted by atomic mass is 79.9. The summed E-state index contributed by atoms with van der Waals surface area (Å²) in [5.41, 5.74) is 3.08. The van der Waals surface area contributed by atoms with Gasteiger partial charge >= 0.3 is 0 Å². The summed E-state index contributed by atoms with van der Waals surface area (Å²) in [5, 5.41) is 3.94. The summed E-state index contributed by atoms with van der Waals surface area (Å²) < 4.78 is 1.22. The summed E-state index contributed by atoms with van der Waals surface area (Å²) >= 11 is 3.58. The van der Waals surface area contributed by atoms with Crippen molar-refractivity contribution in [3.05, 3.63) is 33.8 Å². The molecule has 2 aliphatic rings. The van der Waals surface area contributed by atoms with Crippen LogP contribution >= 0.6 is 15.9 Å². The monoisotopic (exact) mass is 335 g/mol. The Morgan fingerprint density at radius 1 is 1.15 bits per heavy atom. The van der Waals surface area contributed by atoms with Crippen molar-refractivity contribution in [1.82, 2.24) is 5.32 Å². The minimum atomic E-state index is 0.603. The van der Waals surface area contributed by atoms with Crippen LogP contribution in [0.4, 0.5) is 0 Å². The van der Waals surface area contributed by atoms with Crippen LogP contribution in [0.5, 0.6) is 0 Å². The first-order valence-corrected chi connectivity index (χ1v) is 9.10. The lowest BCUT2D eigenvalue weighted by Gasteiger charge is -2.31. The molecule has 1 aromatic rings. The molecule has 0 aliphatic heterocycles. The fraction of sp³-hybridized carbons (Fsp3) is 0.667. The van der Waals surface area contributed by atoms with Crippen LogP contribution in [0.25, 0.3) is 0 Å². The Bertz CT molecular complexity index is 449. The molecule has 0 radical (unpaired) electrons. The first-order valence-electron chi connectivity index (χ1n) is 8.30. The van der Waals surface area contributed by atoms with Gasteiger partial charge < -0.3 is 5.32 Å². The number of halogens is 1. The largest absolute Gasteiger partial charge is 0.307 e. The number of hydrogen-bond acceptors (Lipinski definition) is 1. The van der Waals surface area contributed by atoms with Crippen molar-refractivity contribution in [3.8, 4) is 0 Å². The quantitative estimate of drug-likeness (QED) is 0.778. The maximum atomic E-state index is 3.94. The number of aryl methyl sites for hydroxylation is 1. The zero-order valence-electron chi connectivity index (χ0n) is 12.5. The van der Waals surface area contributed by atoms with E-state index in [2.05, 4.69) is 46.4 Å². The Hall–Kier alpha value is -0.340. The molecule has 1 fully saturated rings. The molecule has 0 heterocycles. The van der Waals surface area contributed by atoms with Crippen LogP contribution in [0.3, 0.4) is 0 Å². The summed E-state index contributed by atoms with van der Waals surface area (Å²) in [7, 11) is 0. The Balaban J connectivity index is 1.56. The van der Waals surface area contributed by atoms with Crippen molar-refractivity contribution in [2.45, 2.75) is 70.4 Å². The minimum absolute atomic E-state index is 0.603. The fourth-order valence-corrected chi connectivity index (χ4v) is 4.48. The van der Waals surface area contributed by atoms with Gasteiger partial charge in [-0.3, -0.25) is 0 Å². The number of nitrogens with one attached hydrogen (secondary N) is 1. The van der Waals surface area contributed by atoms with E-state index < -0.39 is 0 Å². The topological polar surface area (TPSA) is 12.0 Å². The highest BCUT2D eigenvalue weighted by Gasteiger charge is 2.27. The molecule has 110 valence electrons. The van der Waals surface area contributed by atoms with Crippen LogP contribution in [-0.2, 0) is 6.42 Å². The number of rotatable bonds is 4. The van der Waals surface area contributed by atoms with Crippen LogP contribution in [0.1, 0.15) is 69.0 Å². The Morgan fingerprint density at radius 2 is 1.95 bits per heavy atom. The van der Waals surface area contributed by atoms with Gasteiger partial charge in [0.2, 0.25) is 0 Å². The van der Waals surface area contributed by atoms with E-state index in [1.165, 1.54) is 61.4 Å². The predicted molar refractivity (Wildman–Crippen MR) is 89.0 cm³/mol. The molecule has 0 saturated heterocycles. The maximum absolute atomic E-state index is 3.94. The zero-order valence-corrected chi connectivity index (χ0v) is 14.1. The fourth-order valence-electron chi connectivity index (χ4n) is 4.07. The first kappa shape index (κ1) is 14.6. The van der Waals surface area contributed by atoms with E-state index in [0.29, 0.717) is 6.04 Å². The van der Waals surface area contributed by atoms with E-state index in [4.69, 9.17) is 0 Å². The van der Waals surface area contributed by atoms with Gasteiger partial charge in [0.05, 0.1) is 0 Å². The molecule has 0 spiro atoms. The number of fused-ring (bicyclic) bond motifs is 1. The van der Waals surface area contributed by atoms with Crippen molar-refractivity contribution in [2.24, 2.45) is 5.92 Å². The standard InChI is InChI=1S/C18H26BrN/c1-2-3-13-4-8-16(9-5-13)20-18-11-6-14-12-15(19)7-10-17(14)18/h7,10,12-13,16,18,20H,2-6,8-9,11H2,1H3. The summed E-state index contributed by atoms with van der Waals surface area (Å²) in [6.07, 6.45) is 10.9. The van der Waals surface area contributed by atoms with Crippen molar-refractivity contribution >= 4 is 15.9 Å². The highest BCUT2D eigenvalue weighted by molar-refractivity contribution is 9.10. The normalized spacial score (nSPS) is 29.4. The molecule has 3 rings (SSSR count). The van der Waals surface area contributed by atoms with E-state index in [1.807, 2.05) is 0 Å². The maximum Gasteiger partial charge on any atom is 0.0328 e. The van der Waals surface area contributed by atoms with Gasteiger partial charge in [-0.15, -0.1) is 0 Å². The van der Waals surface area contributed by atoms with E-state index in [9.17, 15) is 0 Å². The van der Waals surface area contributed by atoms with Gasteiger partial charge in [0, 0.05) is 16.6 Å². The molecule has 20 heavy (non-hydrogen) atoms. The molecule has 0 bridgehead atoms. The van der Waals surface area contributed by atoms with E-state index in [-0.39, 0.29) is 0 Å². The molecule has 1 aromatic carbocycles. The summed E-state index contributed by atoms with van der Waals surface area (Å²) in [6.45, 7) is 2.32. The first-order chi connectivity index (χ1) is 9.76. The molecule has 1 nitrogen and oxygen atoms in total. The number of hydrogen-bond donors (Lipinski definition) is 1. The van der Waals surface area contributed by atoms with Crippen molar-refractivity contribution in [1.29, 1.82) is 0 Å². The Kier molecular flexibility index (Phi) is 4.83. The van der Waals surface area contributed by atoms with Gasteiger partial charge in [-0.05, 0) is 67.7 Å². The number of benzene rings is 1. The molecule has 0 aromatic heterocycles. The average molecular weight is 336 g/mol.